The number of thiophene rings is 1. The van der Waals surface area contributed by atoms with Crippen molar-refractivity contribution >= 4 is 11.3 Å². The van der Waals surface area contributed by atoms with Gasteiger partial charge in [-0.2, -0.15) is 0 Å². The van der Waals surface area contributed by atoms with Gasteiger partial charge in [-0.1, -0.05) is 35.9 Å². The second-order valence-corrected chi connectivity index (χ2v) is 5.13. The molecule has 1 aromatic heterocycles. The minimum absolute atomic E-state index is 0.402. The summed E-state index contributed by atoms with van der Waals surface area (Å²) in [5, 5.41) is 15.1. The number of aryl methyl sites for hydroxylation is 1. The van der Waals surface area contributed by atoms with Crippen LogP contribution in [0.2, 0.25) is 0 Å². The largest absolute Gasteiger partial charge is 0.386 e. The number of benzene rings is 1. The van der Waals surface area contributed by atoms with Crippen molar-refractivity contribution in [1.29, 1.82) is 0 Å². The highest BCUT2D eigenvalue weighted by atomic mass is 32.1. The lowest BCUT2D eigenvalue weighted by molar-refractivity contribution is 0.178. The number of aliphatic hydroxyl groups excluding tert-OH is 1. The standard InChI is InChI=1S/C14H17NOS/c1-11-4-6-12(7-5-11)9-15-10-13(16)14-3-2-8-17-14/h2-8,13,15-16H,9-10H2,1H3. The summed E-state index contributed by atoms with van der Waals surface area (Å²) in [5.41, 5.74) is 2.52. The molecular weight excluding hydrogens is 230 g/mol. The Morgan fingerprint density at radius 2 is 2.00 bits per heavy atom. The predicted octanol–water partition coefficient (Wildman–Crippen LogP) is 2.88. The Morgan fingerprint density at radius 3 is 2.65 bits per heavy atom. The molecule has 2 N–H and O–H groups in total. The number of hydrogen-bond donors (Lipinski definition) is 2. The van der Waals surface area contributed by atoms with Crippen molar-refractivity contribution in [1.82, 2.24) is 5.32 Å². The first-order valence-electron chi connectivity index (χ1n) is 5.73. The van der Waals surface area contributed by atoms with E-state index in [0.29, 0.717) is 6.54 Å². The van der Waals surface area contributed by atoms with E-state index in [4.69, 9.17) is 0 Å². The Hall–Kier alpha value is -1.16. The summed E-state index contributed by atoms with van der Waals surface area (Å²) in [5.74, 6) is 0. The molecule has 2 rings (SSSR count). The quantitative estimate of drug-likeness (QED) is 0.851. The van der Waals surface area contributed by atoms with Crippen molar-refractivity contribution in [3.63, 3.8) is 0 Å². The zero-order valence-electron chi connectivity index (χ0n) is 9.89. The van der Waals surface area contributed by atoms with Gasteiger partial charge in [-0.05, 0) is 23.9 Å². The topological polar surface area (TPSA) is 32.3 Å². The van der Waals surface area contributed by atoms with E-state index in [1.165, 1.54) is 11.1 Å². The summed E-state index contributed by atoms with van der Waals surface area (Å²) in [4.78, 5) is 1.02. The molecule has 17 heavy (non-hydrogen) atoms. The summed E-state index contributed by atoms with van der Waals surface area (Å²) >= 11 is 1.59. The van der Waals surface area contributed by atoms with E-state index >= 15 is 0 Å². The summed E-state index contributed by atoms with van der Waals surface area (Å²) in [6.07, 6.45) is -0.402. The van der Waals surface area contributed by atoms with Gasteiger partial charge in [0, 0.05) is 18.0 Å². The fraction of sp³-hybridized carbons (Fsp3) is 0.286. The van der Waals surface area contributed by atoms with Gasteiger partial charge in [0.1, 0.15) is 6.10 Å². The molecule has 2 nitrogen and oxygen atoms in total. The van der Waals surface area contributed by atoms with E-state index in [2.05, 4.69) is 36.5 Å². The highest BCUT2D eigenvalue weighted by Gasteiger charge is 2.07. The zero-order chi connectivity index (χ0) is 12.1. The van der Waals surface area contributed by atoms with Crippen LogP contribution in [0.4, 0.5) is 0 Å². The highest BCUT2D eigenvalue weighted by molar-refractivity contribution is 7.10. The van der Waals surface area contributed by atoms with Gasteiger partial charge in [0.25, 0.3) is 0 Å². The van der Waals surface area contributed by atoms with E-state index in [1.807, 2.05) is 17.5 Å². The molecule has 0 saturated heterocycles. The van der Waals surface area contributed by atoms with Crippen molar-refractivity contribution < 1.29 is 5.11 Å². The maximum Gasteiger partial charge on any atom is 0.101 e. The summed E-state index contributed by atoms with van der Waals surface area (Å²) in [7, 11) is 0. The van der Waals surface area contributed by atoms with Crippen LogP contribution in [0.3, 0.4) is 0 Å². The molecule has 0 saturated carbocycles. The summed E-state index contributed by atoms with van der Waals surface area (Å²) < 4.78 is 0. The smallest absolute Gasteiger partial charge is 0.101 e. The second kappa shape index (κ2) is 5.96. The van der Waals surface area contributed by atoms with Crippen molar-refractivity contribution in [2.24, 2.45) is 0 Å². The first kappa shape index (κ1) is 12.3. The Kier molecular flexibility index (Phi) is 4.31. The Bertz CT molecular complexity index is 436. The van der Waals surface area contributed by atoms with Crippen LogP contribution in [0, 0.1) is 6.92 Å². The van der Waals surface area contributed by atoms with Gasteiger partial charge in [0.05, 0.1) is 0 Å². The maximum atomic E-state index is 9.88. The molecule has 0 aliphatic rings. The van der Waals surface area contributed by atoms with E-state index in [0.717, 1.165) is 11.4 Å². The number of nitrogens with one attached hydrogen (secondary N) is 1. The van der Waals surface area contributed by atoms with Gasteiger partial charge in [-0.15, -0.1) is 11.3 Å². The van der Waals surface area contributed by atoms with E-state index in [-0.39, 0.29) is 0 Å². The molecule has 90 valence electrons. The normalized spacial score (nSPS) is 12.6. The molecule has 0 spiro atoms. The van der Waals surface area contributed by atoms with Gasteiger partial charge in [0.2, 0.25) is 0 Å². The lowest BCUT2D eigenvalue weighted by Gasteiger charge is -2.10. The molecule has 1 aromatic carbocycles. The number of rotatable bonds is 5. The molecule has 1 atom stereocenters. The Morgan fingerprint density at radius 1 is 1.24 bits per heavy atom. The maximum absolute atomic E-state index is 9.88. The third-order valence-corrected chi connectivity index (χ3v) is 3.63. The minimum Gasteiger partial charge on any atom is -0.386 e. The predicted molar refractivity (Wildman–Crippen MR) is 72.2 cm³/mol. The van der Waals surface area contributed by atoms with Crippen molar-refractivity contribution in [2.75, 3.05) is 6.54 Å². The lowest BCUT2D eigenvalue weighted by atomic mass is 10.1. The van der Waals surface area contributed by atoms with Crippen molar-refractivity contribution in [3.8, 4) is 0 Å². The first-order valence-corrected chi connectivity index (χ1v) is 6.61. The van der Waals surface area contributed by atoms with Gasteiger partial charge in [-0.25, -0.2) is 0 Å². The third kappa shape index (κ3) is 3.66. The van der Waals surface area contributed by atoms with Crippen LogP contribution in [-0.4, -0.2) is 11.7 Å². The average molecular weight is 247 g/mol. The van der Waals surface area contributed by atoms with Gasteiger partial charge < -0.3 is 10.4 Å². The molecule has 0 aliphatic carbocycles. The minimum atomic E-state index is -0.402. The fourth-order valence-electron chi connectivity index (χ4n) is 1.64. The second-order valence-electron chi connectivity index (χ2n) is 4.15. The van der Waals surface area contributed by atoms with E-state index in [9.17, 15) is 5.11 Å². The molecule has 3 heteroatoms. The van der Waals surface area contributed by atoms with Crippen LogP contribution >= 0.6 is 11.3 Å². The molecule has 2 aromatic rings. The van der Waals surface area contributed by atoms with E-state index in [1.54, 1.807) is 11.3 Å². The SMILES string of the molecule is Cc1ccc(CNCC(O)c2cccs2)cc1. The van der Waals surface area contributed by atoms with Crippen LogP contribution in [0.15, 0.2) is 41.8 Å². The van der Waals surface area contributed by atoms with E-state index < -0.39 is 6.10 Å². The lowest BCUT2D eigenvalue weighted by Crippen LogP contribution is -2.20. The van der Waals surface area contributed by atoms with Crippen LogP contribution in [0.1, 0.15) is 22.1 Å². The number of aliphatic hydroxyl groups is 1. The summed E-state index contributed by atoms with van der Waals surface area (Å²) in [6.45, 7) is 3.47. The Labute approximate surface area is 106 Å². The molecule has 1 heterocycles. The highest BCUT2D eigenvalue weighted by Crippen LogP contribution is 2.17. The fourth-order valence-corrected chi connectivity index (χ4v) is 2.35. The first-order chi connectivity index (χ1) is 8.25. The van der Waals surface area contributed by atoms with Gasteiger partial charge in [-0.3, -0.25) is 0 Å². The molecule has 1 unspecified atom stereocenters. The van der Waals surface area contributed by atoms with Crippen LogP contribution in [0.5, 0.6) is 0 Å². The van der Waals surface area contributed by atoms with Crippen LogP contribution in [-0.2, 0) is 6.54 Å². The molecule has 0 radical (unpaired) electrons. The average Bonchev–Trinajstić information content (AvgIpc) is 2.85. The monoisotopic (exact) mass is 247 g/mol. The summed E-state index contributed by atoms with van der Waals surface area (Å²) in [6, 6.07) is 12.4. The van der Waals surface area contributed by atoms with Crippen LogP contribution < -0.4 is 5.32 Å². The zero-order valence-corrected chi connectivity index (χ0v) is 10.7. The molecule has 0 fully saturated rings. The molecule has 0 aliphatic heterocycles. The number of hydrogen-bond acceptors (Lipinski definition) is 3. The van der Waals surface area contributed by atoms with Crippen molar-refractivity contribution in [2.45, 2.75) is 19.6 Å². The Balaban J connectivity index is 1.78. The van der Waals surface area contributed by atoms with Gasteiger partial charge >= 0.3 is 0 Å². The van der Waals surface area contributed by atoms with Gasteiger partial charge in [0.15, 0.2) is 0 Å². The van der Waals surface area contributed by atoms with Crippen molar-refractivity contribution in [3.05, 3.63) is 57.8 Å². The molecule has 0 amide bonds. The van der Waals surface area contributed by atoms with Crippen LogP contribution in [0.25, 0.3) is 0 Å². The third-order valence-electron chi connectivity index (χ3n) is 2.66. The molecule has 0 bridgehead atoms. The molecular formula is C14H17NOS.